The highest BCUT2D eigenvalue weighted by atomic mass is 79.9. The minimum absolute atomic E-state index is 0.135. The van der Waals surface area contributed by atoms with E-state index < -0.39 is 16.9 Å². The molecule has 1 aliphatic heterocycles. The van der Waals surface area contributed by atoms with Gasteiger partial charge in [0, 0.05) is 32.9 Å². The van der Waals surface area contributed by atoms with Crippen molar-refractivity contribution in [2.24, 2.45) is 0 Å². The van der Waals surface area contributed by atoms with Gasteiger partial charge in [0.05, 0.1) is 11.0 Å². The fourth-order valence-electron chi connectivity index (χ4n) is 3.77. The number of aryl methyl sites for hydroxylation is 1. The molecule has 0 spiro atoms. The minimum Gasteiger partial charge on any atom is -0.324 e. The molecule has 0 saturated carbocycles. The third-order valence-corrected chi connectivity index (χ3v) is 5.73. The summed E-state index contributed by atoms with van der Waals surface area (Å²) >= 11 is 3.48. The third kappa shape index (κ3) is 4.06. The normalized spacial score (nSPS) is 15.6. The van der Waals surface area contributed by atoms with Crippen molar-refractivity contribution >= 4 is 39.1 Å². The molecule has 0 aromatic heterocycles. The highest BCUT2D eigenvalue weighted by molar-refractivity contribution is 9.10. The van der Waals surface area contributed by atoms with Gasteiger partial charge in [-0.2, -0.15) is 0 Å². The van der Waals surface area contributed by atoms with E-state index in [1.54, 1.807) is 25.1 Å². The van der Waals surface area contributed by atoms with Crippen molar-refractivity contribution in [1.29, 1.82) is 0 Å². The van der Waals surface area contributed by atoms with Crippen molar-refractivity contribution in [2.75, 3.05) is 11.9 Å². The summed E-state index contributed by atoms with van der Waals surface area (Å²) in [4.78, 5) is 38.6. The number of nitro benzene ring substituents is 1. The molecule has 1 atom stereocenters. The van der Waals surface area contributed by atoms with Gasteiger partial charge in [-0.15, -0.1) is 0 Å². The number of nitrogens with zero attached hydrogens (tertiary/aromatic N) is 2. The number of hydrogen-bond acceptors (Lipinski definition) is 4. The predicted molar refractivity (Wildman–Crippen MR) is 120 cm³/mol. The van der Waals surface area contributed by atoms with Gasteiger partial charge >= 0.3 is 0 Å². The molecule has 8 heteroatoms. The van der Waals surface area contributed by atoms with E-state index in [0.29, 0.717) is 11.3 Å². The second-order valence-corrected chi connectivity index (χ2v) is 8.20. The number of fused-ring (bicyclic) bond motifs is 1. The molecule has 0 radical (unpaired) electrons. The van der Waals surface area contributed by atoms with Crippen LogP contribution >= 0.6 is 15.9 Å². The largest absolute Gasteiger partial charge is 0.324 e. The zero-order valence-electron chi connectivity index (χ0n) is 16.5. The van der Waals surface area contributed by atoms with Crippen LogP contribution in [-0.4, -0.2) is 28.2 Å². The molecule has 7 nitrogen and oxygen atoms in total. The Morgan fingerprint density at radius 2 is 1.87 bits per heavy atom. The number of benzene rings is 3. The zero-order valence-corrected chi connectivity index (χ0v) is 18.1. The molecule has 0 aliphatic carbocycles. The average molecular weight is 480 g/mol. The van der Waals surface area contributed by atoms with Gasteiger partial charge in [-0.25, -0.2) is 0 Å². The van der Waals surface area contributed by atoms with Crippen LogP contribution in [0.15, 0.2) is 71.2 Å². The topological polar surface area (TPSA) is 92.6 Å². The summed E-state index contributed by atoms with van der Waals surface area (Å²) < 4.78 is 0.807. The van der Waals surface area contributed by atoms with Gasteiger partial charge in [0.2, 0.25) is 5.91 Å². The lowest BCUT2D eigenvalue weighted by Gasteiger charge is -2.30. The molecule has 0 unspecified atom stereocenters. The molecule has 0 fully saturated rings. The summed E-state index contributed by atoms with van der Waals surface area (Å²) in [5.74, 6) is -0.795. The van der Waals surface area contributed by atoms with Crippen molar-refractivity contribution in [3.63, 3.8) is 0 Å². The monoisotopic (exact) mass is 479 g/mol. The molecule has 3 aromatic carbocycles. The fourth-order valence-corrected chi connectivity index (χ4v) is 4.14. The predicted octanol–water partition coefficient (Wildman–Crippen LogP) is 4.85. The van der Waals surface area contributed by atoms with Gasteiger partial charge in [-0.3, -0.25) is 19.7 Å². The van der Waals surface area contributed by atoms with E-state index in [-0.39, 0.29) is 23.7 Å². The Morgan fingerprint density at radius 3 is 2.58 bits per heavy atom. The van der Waals surface area contributed by atoms with Crippen LogP contribution in [0.2, 0.25) is 0 Å². The van der Waals surface area contributed by atoms with Crippen LogP contribution in [0.3, 0.4) is 0 Å². The summed E-state index contributed by atoms with van der Waals surface area (Å²) in [5, 5.41) is 14.2. The highest BCUT2D eigenvalue weighted by Crippen LogP contribution is 2.38. The smallest absolute Gasteiger partial charge is 0.273 e. The zero-order chi connectivity index (χ0) is 22.1. The van der Waals surface area contributed by atoms with E-state index in [4.69, 9.17) is 0 Å². The van der Waals surface area contributed by atoms with Crippen molar-refractivity contribution in [3.05, 3.63) is 104 Å². The van der Waals surface area contributed by atoms with Gasteiger partial charge in [0.1, 0.15) is 6.54 Å². The lowest BCUT2D eigenvalue weighted by atomic mass is 9.95. The van der Waals surface area contributed by atoms with Crippen LogP contribution < -0.4 is 5.32 Å². The Balaban J connectivity index is 1.88. The second-order valence-electron chi connectivity index (χ2n) is 7.28. The molecule has 31 heavy (non-hydrogen) atoms. The number of hydrogen-bond donors (Lipinski definition) is 1. The van der Waals surface area contributed by atoms with Crippen LogP contribution in [0.4, 0.5) is 11.4 Å². The Bertz CT molecular complexity index is 1200. The number of anilines is 1. The van der Waals surface area contributed by atoms with E-state index in [0.717, 1.165) is 15.6 Å². The molecule has 2 amide bonds. The molecule has 3 aromatic rings. The first-order valence-electron chi connectivity index (χ1n) is 9.55. The number of carbonyl (C=O) groups excluding carboxylic acids is 2. The highest BCUT2D eigenvalue weighted by Gasteiger charge is 2.34. The van der Waals surface area contributed by atoms with Crippen molar-refractivity contribution in [2.45, 2.75) is 13.0 Å². The van der Waals surface area contributed by atoms with Crippen LogP contribution in [0.25, 0.3) is 0 Å². The lowest BCUT2D eigenvalue weighted by Crippen LogP contribution is -2.39. The Hall–Kier alpha value is -3.52. The molecular weight excluding hydrogens is 462 g/mol. The van der Waals surface area contributed by atoms with E-state index in [1.165, 1.54) is 11.0 Å². The van der Waals surface area contributed by atoms with Gasteiger partial charge in [0.25, 0.3) is 11.6 Å². The van der Waals surface area contributed by atoms with E-state index in [9.17, 15) is 19.7 Å². The first kappa shape index (κ1) is 20.7. The number of amides is 2. The number of nitro groups is 1. The minimum atomic E-state index is -0.555. The molecule has 1 aliphatic rings. The number of carbonyl (C=O) groups is 2. The third-order valence-electron chi connectivity index (χ3n) is 5.24. The summed E-state index contributed by atoms with van der Waals surface area (Å²) in [6.45, 7) is 1.43. The maximum atomic E-state index is 13.6. The number of halogens is 1. The van der Waals surface area contributed by atoms with Crippen molar-refractivity contribution in [3.8, 4) is 0 Å². The quantitative estimate of drug-likeness (QED) is 0.429. The van der Waals surface area contributed by atoms with E-state index in [2.05, 4.69) is 21.2 Å². The molecule has 4 rings (SSSR count). The second kappa shape index (κ2) is 8.31. The summed E-state index contributed by atoms with van der Waals surface area (Å²) in [6, 6.07) is 18.7. The van der Waals surface area contributed by atoms with Gasteiger partial charge in [-0.1, -0.05) is 52.3 Å². The maximum absolute atomic E-state index is 13.6. The van der Waals surface area contributed by atoms with Crippen LogP contribution in [-0.2, 0) is 4.79 Å². The summed E-state index contributed by atoms with van der Waals surface area (Å²) in [5.41, 5.74) is 2.68. The van der Waals surface area contributed by atoms with Crippen LogP contribution in [0.5, 0.6) is 0 Å². The van der Waals surface area contributed by atoms with E-state index in [1.807, 2.05) is 42.5 Å². The summed E-state index contributed by atoms with van der Waals surface area (Å²) in [6.07, 6.45) is 0. The van der Waals surface area contributed by atoms with Crippen molar-refractivity contribution < 1.29 is 14.5 Å². The van der Waals surface area contributed by atoms with Crippen LogP contribution in [0.1, 0.15) is 33.1 Å². The Labute approximate surface area is 187 Å². The lowest BCUT2D eigenvalue weighted by molar-refractivity contribution is -0.385. The molecule has 1 heterocycles. The molecule has 0 bridgehead atoms. The Kier molecular flexibility index (Phi) is 5.56. The fraction of sp³-hybridized carbons (Fsp3) is 0.130. The van der Waals surface area contributed by atoms with E-state index >= 15 is 0 Å². The Morgan fingerprint density at radius 1 is 1.13 bits per heavy atom. The van der Waals surface area contributed by atoms with Gasteiger partial charge in [0.15, 0.2) is 0 Å². The first-order valence-corrected chi connectivity index (χ1v) is 10.3. The standard InChI is InChI=1S/C23H18BrN3O4/c1-14-7-8-16(11-20(14)27(30)31)23(29)26-13-21(28)25-19-10-9-17(24)12-18(19)22(26)15-5-3-2-4-6-15/h2-12,22H,13H2,1H3,(H,25,28)/t22-/m0/s1. The number of nitrogens with one attached hydrogen (secondary N) is 1. The molecule has 1 N–H and O–H groups in total. The van der Waals surface area contributed by atoms with Crippen molar-refractivity contribution in [1.82, 2.24) is 4.90 Å². The number of rotatable bonds is 3. The average Bonchev–Trinajstić information content (AvgIpc) is 2.89. The van der Waals surface area contributed by atoms with Crippen LogP contribution in [0, 0.1) is 17.0 Å². The SMILES string of the molecule is Cc1ccc(C(=O)N2CC(=O)Nc3ccc(Br)cc3[C@@H]2c2ccccc2)cc1[N+](=O)[O-]. The maximum Gasteiger partial charge on any atom is 0.273 e. The molecule has 156 valence electrons. The summed E-state index contributed by atoms with van der Waals surface area (Å²) in [7, 11) is 0. The molecular formula is C23H18BrN3O4. The van der Waals surface area contributed by atoms with Gasteiger partial charge in [-0.05, 0) is 36.8 Å². The molecule has 0 saturated heterocycles. The van der Waals surface area contributed by atoms with Gasteiger partial charge < -0.3 is 10.2 Å². The first-order chi connectivity index (χ1) is 14.8.